The van der Waals surface area contributed by atoms with Crippen LogP contribution in [0.25, 0.3) is 11.0 Å². The van der Waals surface area contributed by atoms with Crippen LogP contribution in [-0.2, 0) is 0 Å². The Kier molecular flexibility index (Phi) is 3.74. The quantitative estimate of drug-likeness (QED) is 0.691. The first-order valence-corrected chi connectivity index (χ1v) is 7.43. The van der Waals surface area contributed by atoms with Crippen LogP contribution in [0.2, 0.25) is 5.02 Å². The number of aromatic nitrogens is 2. The predicted molar refractivity (Wildman–Crippen MR) is 88.9 cm³/mol. The predicted octanol–water partition coefficient (Wildman–Crippen LogP) is 4.97. The van der Waals surface area contributed by atoms with E-state index < -0.39 is 0 Å². The molecule has 5 heteroatoms. The average Bonchev–Trinajstić information content (AvgIpc) is 2.84. The van der Waals surface area contributed by atoms with Crippen molar-refractivity contribution in [2.75, 3.05) is 7.11 Å². The Hall–Kier alpha value is -1.78. The molecule has 0 saturated carbocycles. The largest absolute Gasteiger partial charge is 0.497 e. The van der Waals surface area contributed by atoms with Crippen molar-refractivity contribution in [2.45, 2.75) is 13.0 Å². The summed E-state index contributed by atoms with van der Waals surface area (Å²) in [6, 6.07) is 13.8. The van der Waals surface area contributed by atoms with E-state index in [2.05, 4.69) is 16.5 Å². The van der Waals surface area contributed by atoms with Crippen LogP contribution in [0, 0.1) is 4.77 Å². The molecule has 3 rings (SSSR count). The number of rotatable bonds is 3. The van der Waals surface area contributed by atoms with E-state index in [1.54, 1.807) is 7.11 Å². The molecule has 1 unspecified atom stereocenters. The van der Waals surface area contributed by atoms with Gasteiger partial charge >= 0.3 is 0 Å². The van der Waals surface area contributed by atoms with Gasteiger partial charge in [0, 0.05) is 0 Å². The molecule has 2 aromatic carbocycles. The first-order valence-electron chi connectivity index (χ1n) is 6.64. The van der Waals surface area contributed by atoms with Crippen LogP contribution >= 0.6 is 23.8 Å². The molecule has 0 saturated heterocycles. The monoisotopic (exact) mass is 318 g/mol. The number of ether oxygens (including phenoxy) is 1. The maximum atomic E-state index is 6.35. The van der Waals surface area contributed by atoms with Gasteiger partial charge in [0.05, 0.1) is 29.2 Å². The highest BCUT2D eigenvalue weighted by Gasteiger charge is 2.15. The van der Waals surface area contributed by atoms with Gasteiger partial charge in [-0.25, -0.2) is 0 Å². The number of para-hydroxylation sites is 1. The number of nitrogens with one attached hydrogen (secondary N) is 1. The third-order valence-corrected chi connectivity index (χ3v) is 4.28. The number of hydrogen-bond donors (Lipinski definition) is 1. The van der Waals surface area contributed by atoms with Crippen LogP contribution in [-0.4, -0.2) is 16.7 Å². The number of imidazole rings is 1. The minimum Gasteiger partial charge on any atom is -0.497 e. The number of methoxy groups -OCH3 is 1. The molecule has 108 valence electrons. The number of nitrogens with zero attached hydrogens (tertiary/aromatic N) is 1. The molecule has 1 N–H and O–H groups in total. The van der Waals surface area contributed by atoms with Crippen molar-refractivity contribution in [3.8, 4) is 5.75 Å². The Bertz CT molecular complexity index is 836. The lowest BCUT2D eigenvalue weighted by Gasteiger charge is -2.16. The third kappa shape index (κ3) is 2.45. The molecule has 3 aromatic rings. The van der Waals surface area contributed by atoms with Gasteiger partial charge in [-0.05, 0) is 49.0 Å². The van der Waals surface area contributed by atoms with Crippen molar-refractivity contribution < 1.29 is 4.74 Å². The zero-order valence-corrected chi connectivity index (χ0v) is 13.3. The van der Waals surface area contributed by atoms with Crippen molar-refractivity contribution >= 4 is 34.9 Å². The van der Waals surface area contributed by atoms with E-state index >= 15 is 0 Å². The molecule has 21 heavy (non-hydrogen) atoms. The summed E-state index contributed by atoms with van der Waals surface area (Å²) in [5.41, 5.74) is 3.04. The van der Waals surface area contributed by atoms with Gasteiger partial charge in [-0.2, -0.15) is 0 Å². The lowest BCUT2D eigenvalue weighted by Crippen LogP contribution is -2.07. The molecule has 0 fully saturated rings. The molecule has 0 aliphatic rings. The second-order valence-electron chi connectivity index (χ2n) is 4.89. The Morgan fingerprint density at radius 2 is 1.90 bits per heavy atom. The summed E-state index contributed by atoms with van der Waals surface area (Å²) in [6.07, 6.45) is 0. The minimum atomic E-state index is 0.0806. The highest BCUT2D eigenvalue weighted by Crippen LogP contribution is 2.29. The van der Waals surface area contributed by atoms with Crippen molar-refractivity contribution in [3.63, 3.8) is 0 Å². The van der Waals surface area contributed by atoms with Crippen LogP contribution in [0.4, 0.5) is 0 Å². The summed E-state index contributed by atoms with van der Waals surface area (Å²) in [5, 5.41) is 0.695. The second kappa shape index (κ2) is 5.54. The van der Waals surface area contributed by atoms with E-state index in [1.807, 2.05) is 42.5 Å². The Morgan fingerprint density at radius 1 is 1.19 bits per heavy atom. The van der Waals surface area contributed by atoms with Gasteiger partial charge in [-0.3, -0.25) is 0 Å². The summed E-state index contributed by atoms with van der Waals surface area (Å²) in [6.45, 7) is 2.11. The van der Waals surface area contributed by atoms with Gasteiger partial charge in [-0.15, -0.1) is 0 Å². The number of aromatic amines is 1. The smallest absolute Gasteiger partial charge is 0.178 e. The van der Waals surface area contributed by atoms with Gasteiger partial charge in [0.25, 0.3) is 0 Å². The molecule has 0 bridgehead atoms. The molecule has 0 amide bonds. The average molecular weight is 319 g/mol. The summed E-state index contributed by atoms with van der Waals surface area (Å²) in [5.74, 6) is 0.839. The molecule has 1 heterocycles. The number of halogens is 1. The van der Waals surface area contributed by atoms with E-state index in [4.69, 9.17) is 28.6 Å². The molecule has 0 radical (unpaired) electrons. The Morgan fingerprint density at radius 3 is 2.57 bits per heavy atom. The van der Waals surface area contributed by atoms with Crippen LogP contribution < -0.4 is 4.74 Å². The van der Waals surface area contributed by atoms with Crippen molar-refractivity contribution in [1.29, 1.82) is 0 Å². The number of hydrogen-bond acceptors (Lipinski definition) is 2. The van der Waals surface area contributed by atoms with Gasteiger partial charge in [-0.1, -0.05) is 29.8 Å². The standard InChI is InChI=1S/C16H15ClN2OS/c1-10(11-6-8-12(20-2)9-7-11)19-15-13(17)4-3-5-14(15)18-16(19)21/h3-10H,1-2H3,(H,18,21). The fourth-order valence-electron chi connectivity index (χ4n) is 2.54. The van der Waals surface area contributed by atoms with E-state index in [0.717, 1.165) is 22.3 Å². The van der Waals surface area contributed by atoms with Gasteiger partial charge in [0.1, 0.15) is 5.75 Å². The fourth-order valence-corrected chi connectivity index (χ4v) is 3.16. The van der Waals surface area contributed by atoms with Gasteiger partial charge in [0.15, 0.2) is 4.77 Å². The normalized spacial score (nSPS) is 12.5. The van der Waals surface area contributed by atoms with Crippen molar-refractivity contribution in [3.05, 3.63) is 57.8 Å². The number of fused-ring (bicyclic) bond motifs is 1. The van der Waals surface area contributed by atoms with Crippen LogP contribution in [0.15, 0.2) is 42.5 Å². The summed E-state index contributed by atoms with van der Waals surface area (Å²) >= 11 is 11.8. The first-order chi connectivity index (χ1) is 10.1. The third-order valence-electron chi connectivity index (χ3n) is 3.67. The van der Waals surface area contributed by atoms with E-state index in [1.165, 1.54) is 0 Å². The van der Waals surface area contributed by atoms with Gasteiger partial charge in [0.2, 0.25) is 0 Å². The molecule has 1 aromatic heterocycles. The topological polar surface area (TPSA) is 29.9 Å². The van der Waals surface area contributed by atoms with Crippen molar-refractivity contribution in [2.24, 2.45) is 0 Å². The molecule has 1 atom stereocenters. The number of H-pyrrole nitrogens is 1. The zero-order chi connectivity index (χ0) is 15.0. The highest BCUT2D eigenvalue weighted by atomic mass is 35.5. The fraction of sp³-hybridized carbons (Fsp3) is 0.188. The summed E-state index contributed by atoms with van der Waals surface area (Å²) in [7, 11) is 1.66. The highest BCUT2D eigenvalue weighted by molar-refractivity contribution is 7.71. The minimum absolute atomic E-state index is 0.0806. The molecule has 0 aliphatic carbocycles. The summed E-state index contributed by atoms with van der Waals surface area (Å²) < 4.78 is 7.92. The van der Waals surface area contributed by atoms with Crippen LogP contribution in [0.1, 0.15) is 18.5 Å². The Balaban J connectivity index is 2.14. The SMILES string of the molecule is COc1ccc(C(C)n2c(=S)[nH]c3cccc(Cl)c32)cc1. The maximum Gasteiger partial charge on any atom is 0.178 e. The van der Waals surface area contributed by atoms with E-state index in [0.29, 0.717) is 9.79 Å². The maximum absolute atomic E-state index is 6.35. The summed E-state index contributed by atoms with van der Waals surface area (Å²) in [4.78, 5) is 3.21. The lowest BCUT2D eigenvalue weighted by atomic mass is 10.1. The lowest BCUT2D eigenvalue weighted by molar-refractivity contribution is 0.414. The Labute approximate surface area is 133 Å². The molecule has 3 nitrogen and oxygen atoms in total. The van der Waals surface area contributed by atoms with Gasteiger partial charge < -0.3 is 14.3 Å². The molecule has 0 aliphatic heterocycles. The van der Waals surface area contributed by atoms with E-state index in [-0.39, 0.29) is 6.04 Å². The number of benzene rings is 2. The zero-order valence-electron chi connectivity index (χ0n) is 11.8. The first kappa shape index (κ1) is 14.2. The second-order valence-corrected chi connectivity index (χ2v) is 5.68. The molecular formula is C16H15ClN2OS. The molecular weight excluding hydrogens is 304 g/mol. The van der Waals surface area contributed by atoms with E-state index in [9.17, 15) is 0 Å². The van der Waals surface area contributed by atoms with Crippen LogP contribution in [0.5, 0.6) is 5.75 Å². The van der Waals surface area contributed by atoms with Crippen molar-refractivity contribution in [1.82, 2.24) is 9.55 Å². The van der Waals surface area contributed by atoms with Crippen LogP contribution in [0.3, 0.4) is 0 Å². The molecule has 0 spiro atoms.